The number of esters is 2. The second-order valence-electron chi connectivity index (χ2n) is 7.00. The number of nitrogens with two attached hydrogens (primary N) is 1. The van der Waals surface area contributed by atoms with E-state index in [9.17, 15) is 29.3 Å². The fraction of sp³-hybridized carbons (Fsp3) is 0.368. The fourth-order valence-corrected chi connectivity index (χ4v) is 4.65. The number of fused-ring (bicyclic) bond motifs is 1. The first-order valence-corrected chi connectivity index (χ1v) is 10.1. The summed E-state index contributed by atoms with van der Waals surface area (Å²) in [6, 6.07) is 5.43. The minimum Gasteiger partial charge on any atom is -0.461 e. The lowest BCUT2D eigenvalue weighted by molar-refractivity contribution is -0.384. The van der Waals surface area contributed by atoms with Gasteiger partial charge in [0.25, 0.3) is 11.6 Å². The molecule has 0 aliphatic carbocycles. The minimum atomic E-state index is -1.73. The highest BCUT2D eigenvalue weighted by Crippen LogP contribution is 2.45. The van der Waals surface area contributed by atoms with Crippen LogP contribution in [0.2, 0.25) is 0 Å². The molecule has 0 bridgehead atoms. The molecule has 2 atom stereocenters. The average Bonchev–Trinajstić information content (AvgIpc) is 2.74. The van der Waals surface area contributed by atoms with Crippen LogP contribution in [-0.2, 0) is 35.3 Å². The summed E-state index contributed by atoms with van der Waals surface area (Å²) in [6.07, 6.45) is 0. The highest BCUT2D eigenvalue weighted by molar-refractivity contribution is 8.00. The van der Waals surface area contributed by atoms with Crippen LogP contribution in [0.3, 0.4) is 0 Å². The smallest absolute Gasteiger partial charge is 0.355 e. The Morgan fingerprint density at radius 1 is 1.23 bits per heavy atom. The van der Waals surface area contributed by atoms with Crippen molar-refractivity contribution in [2.24, 2.45) is 5.73 Å². The van der Waals surface area contributed by atoms with Gasteiger partial charge in [-0.1, -0.05) is 0 Å². The van der Waals surface area contributed by atoms with Crippen molar-refractivity contribution < 1.29 is 33.6 Å². The summed E-state index contributed by atoms with van der Waals surface area (Å²) in [6.45, 7) is 1.99. The summed E-state index contributed by atoms with van der Waals surface area (Å²) in [5, 5.41) is 9.96. The van der Waals surface area contributed by atoms with Gasteiger partial charge in [-0.2, -0.15) is 0 Å². The molecule has 0 spiro atoms. The van der Waals surface area contributed by atoms with Crippen LogP contribution in [-0.4, -0.2) is 56.7 Å². The lowest BCUT2D eigenvalue weighted by Gasteiger charge is -2.54. The largest absolute Gasteiger partial charge is 0.461 e. The Morgan fingerprint density at radius 2 is 1.87 bits per heavy atom. The number of amides is 1. The Hall–Kier alpha value is -3.25. The maximum absolute atomic E-state index is 12.9. The predicted molar refractivity (Wildman–Crippen MR) is 107 cm³/mol. The third kappa shape index (κ3) is 4.03. The monoisotopic (exact) mass is 449 g/mol. The second kappa shape index (κ2) is 8.47. The number of hydrogen-bond donors (Lipinski definition) is 1. The van der Waals surface area contributed by atoms with Gasteiger partial charge in [0.2, 0.25) is 0 Å². The first-order valence-electron chi connectivity index (χ1n) is 9.08. The van der Waals surface area contributed by atoms with Gasteiger partial charge >= 0.3 is 11.9 Å². The Bertz CT molecular complexity index is 1010. The predicted octanol–water partition coefficient (Wildman–Crippen LogP) is 0.657. The van der Waals surface area contributed by atoms with Crippen LogP contribution in [0.5, 0.6) is 0 Å². The number of β-lactam (4-membered cyclic amide) rings is 1. The van der Waals surface area contributed by atoms with E-state index in [4.69, 9.17) is 15.2 Å². The molecule has 3 rings (SSSR count). The average molecular weight is 449 g/mol. The molecule has 1 aromatic rings. The number of ketones is 1. The maximum Gasteiger partial charge on any atom is 0.355 e. The number of ether oxygens (including phenoxy) is 2. The van der Waals surface area contributed by atoms with Crippen LogP contribution in [0, 0.1) is 10.1 Å². The maximum atomic E-state index is 12.9. The molecule has 2 heterocycles. The summed E-state index contributed by atoms with van der Waals surface area (Å²) in [5.41, 5.74) is 4.89. The van der Waals surface area contributed by atoms with Gasteiger partial charge in [-0.15, -0.1) is 11.8 Å². The van der Waals surface area contributed by atoms with Gasteiger partial charge in [-0.05, 0) is 24.6 Å². The van der Waals surface area contributed by atoms with Crippen molar-refractivity contribution in [1.29, 1.82) is 0 Å². The van der Waals surface area contributed by atoms with E-state index in [1.807, 2.05) is 0 Å². The van der Waals surface area contributed by atoms with E-state index in [-0.39, 0.29) is 30.4 Å². The Kier molecular flexibility index (Phi) is 6.13. The zero-order chi connectivity index (χ0) is 22.9. The quantitative estimate of drug-likeness (QED) is 0.206. The minimum absolute atomic E-state index is 0.108. The van der Waals surface area contributed by atoms with E-state index in [0.717, 1.165) is 4.90 Å². The number of Topliss-reactive ketones (excluding diaryl/α,β-unsaturated/α-hetero) is 1. The second-order valence-corrected chi connectivity index (χ2v) is 8.06. The van der Waals surface area contributed by atoms with E-state index in [0.29, 0.717) is 11.1 Å². The number of rotatable bonds is 7. The lowest BCUT2D eigenvalue weighted by atomic mass is 9.84. The fourth-order valence-electron chi connectivity index (χ4n) is 3.19. The molecule has 0 radical (unpaired) electrons. The zero-order valence-corrected chi connectivity index (χ0v) is 17.5. The van der Waals surface area contributed by atoms with Gasteiger partial charge in [0.15, 0.2) is 11.3 Å². The molecule has 11 nitrogen and oxygen atoms in total. The molecule has 1 fully saturated rings. The van der Waals surface area contributed by atoms with Crippen LogP contribution in [0.1, 0.15) is 19.4 Å². The van der Waals surface area contributed by atoms with Crippen LogP contribution in [0.15, 0.2) is 35.5 Å². The van der Waals surface area contributed by atoms with E-state index in [1.165, 1.54) is 49.9 Å². The highest BCUT2D eigenvalue weighted by atomic mass is 32.2. The SMILES string of the molecule is CC(=O)OCC1=C(C(=O)OCc2ccc([N+](=O)[O-])cc2)N2C(=O)[C@@](N)(C(C)=O)[C@H]2SC1. The summed E-state index contributed by atoms with van der Waals surface area (Å²) < 4.78 is 10.3. The molecule has 12 heteroatoms. The number of nitro benzene ring substituents is 1. The highest BCUT2D eigenvalue weighted by Gasteiger charge is 2.65. The van der Waals surface area contributed by atoms with E-state index in [2.05, 4.69) is 0 Å². The molecular formula is C19H19N3O8S. The molecule has 0 aromatic heterocycles. The molecular weight excluding hydrogens is 430 g/mol. The van der Waals surface area contributed by atoms with Crippen LogP contribution >= 0.6 is 11.8 Å². The summed E-state index contributed by atoms with van der Waals surface area (Å²) in [7, 11) is 0. The summed E-state index contributed by atoms with van der Waals surface area (Å²) >= 11 is 1.19. The molecule has 1 saturated heterocycles. The van der Waals surface area contributed by atoms with Crippen molar-refractivity contribution in [3.8, 4) is 0 Å². The third-order valence-electron chi connectivity index (χ3n) is 4.93. The third-order valence-corrected chi connectivity index (χ3v) is 6.34. The molecule has 1 amide bonds. The Labute approximate surface area is 180 Å². The molecule has 31 heavy (non-hydrogen) atoms. The van der Waals surface area contributed by atoms with Crippen molar-refractivity contribution in [3.63, 3.8) is 0 Å². The number of non-ortho nitro benzene ring substituents is 1. The first kappa shape index (κ1) is 22.4. The van der Waals surface area contributed by atoms with E-state index in [1.54, 1.807) is 0 Å². The summed E-state index contributed by atoms with van der Waals surface area (Å²) in [4.78, 5) is 60.0. The van der Waals surface area contributed by atoms with Crippen molar-refractivity contribution in [3.05, 3.63) is 51.2 Å². The molecule has 0 unspecified atom stereocenters. The normalized spacial score (nSPS) is 22.4. The lowest BCUT2D eigenvalue weighted by Crippen LogP contribution is -2.80. The van der Waals surface area contributed by atoms with Crippen molar-refractivity contribution >= 4 is 41.1 Å². The van der Waals surface area contributed by atoms with Gasteiger partial charge in [-0.25, -0.2) is 4.79 Å². The number of carbonyl (C=O) groups excluding carboxylic acids is 4. The number of nitrogens with zero attached hydrogens (tertiary/aromatic N) is 2. The van der Waals surface area contributed by atoms with Crippen molar-refractivity contribution in [1.82, 2.24) is 4.90 Å². The van der Waals surface area contributed by atoms with Gasteiger partial charge in [0.1, 0.15) is 24.3 Å². The van der Waals surface area contributed by atoms with Crippen LogP contribution in [0.25, 0.3) is 0 Å². The van der Waals surface area contributed by atoms with Crippen molar-refractivity contribution in [2.45, 2.75) is 31.4 Å². The number of carbonyl (C=O) groups is 4. The standard InChI is InChI=1S/C19H19N3O8S/c1-10(23)19(20)17(26)21-15(13(8-29-11(2)24)9-31-18(19)21)16(25)30-7-12-3-5-14(6-4-12)22(27)28/h3-6,18H,7-9,20H2,1-2H3/t18-,19+/m1/s1. The van der Waals surface area contributed by atoms with Crippen LogP contribution in [0.4, 0.5) is 5.69 Å². The van der Waals surface area contributed by atoms with E-state index >= 15 is 0 Å². The molecule has 2 N–H and O–H groups in total. The number of nitro groups is 1. The Balaban J connectivity index is 1.82. The van der Waals surface area contributed by atoms with Gasteiger partial charge in [0.05, 0.1) is 4.92 Å². The Morgan fingerprint density at radius 3 is 2.42 bits per heavy atom. The summed E-state index contributed by atoms with van der Waals surface area (Å²) in [5.74, 6) is -2.47. The molecule has 164 valence electrons. The zero-order valence-electron chi connectivity index (χ0n) is 16.7. The number of thioether (sulfide) groups is 1. The molecule has 0 saturated carbocycles. The van der Waals surface area contributed by atoms with Gasteiger partial charge in [-0.3, -0.25) is 29.4 Å². The van der Waals surface area contributed by atoms with Crippen LogP contribution < -0.4 is 5.73 Å². The van der Waals surface area contributed by atoms with Gasteiger partial charge in [0, 0.05) is 30.4 Å². The molecule has 2 aliphatic heterocycles. The topological polar surface area (TPSA) is 159 Å². The molecule has 1 aromatic carbocycles. The molecule has 2 aliphatic rings. The number of hydrogen-bond acceptors (Lipinski definition) is 10. The number of benzene rings is 1. The van der Waals surface area contributed by atoms with Crippen molar-refractivity contribution in [2.75, 3.05) is 12.4 Å². The van der Waals surface area contributed by atoms with E-state index < -0.39 is 39.5 Å². The first-order chi connectivity index (χ1) is 14.6. The van der Waals surface area contributed by atoms with Gasteiger partial charge < -0.3 is 15.2 Å².